The van der Waals surface area contributed by atoms with E-state index in [1.54, 1.807) is 31.4 Å². The van der Waals surface area contributed by atoms with Crippen molar-refractivity contribution in [3.8, 4) is 5.75 Å². The van der Waals surface area contributed by atoms with Gasteiger partial charge in [0.15, 0.2) is 0 Å². The molecule has 3 aromatic rings. The Morgan fingerprint density at radius 1 is 1.08 bits per heavy atom. The minimum atomic E-state index is -3.69. The molecule has 0 amide bonds. The van der Waals surface area contributed by atoms with E-state index < -0.39 is 15.6 Å². The smallest absolute Gasteiger partial charge is 0.336 e. The summed E-state index contributed by atoms with van der Waals surface area (Å²) in [6.45, 7) is 0.140. The van der Waals surface area contributed by atoms with Gasteiger partial charge in [-0.1, -0.05) is 12.1 Å². The third kappa shape index (κ3) is 3.47. The molecule has 7 heteroatoms. The van der Waals surface area contributed by atoms with E-state index in [2.05, 4.69) is 4.72 Å². The zero-order valence-corrected chi connectivity index (χ0v) is 13.7. The summed E-state index contributed by atoms with van der Waals surface area (Å²) in [6.07, 6.45) is 0. The summed E-state index contributed by atoms with van der Waals surface area (Å²) in [7, 11) is -2.14. The number of ether oxygens (including phenoxy) is 1. The molecule has 6 nitrogen and oxygen atoms in total. The summed E-state index contributed by atoms with van der Waals surface area (Å²) in [5.74, 6) is 0.660. The Balaban J connectivity index is 1.84. The topological polar surface area (TPSA) is 85.6 Å². The number of benzene rings is 2. The third-order valence-corrected chi connectivity index (χ3v) is 4.90. The maximum absolute atomic E-state index is 12.4. The van der Waals surface area contributed by atoms with Gasteiger partial charge in [0.2, 0.25) is 10.0 Å². The van der Waals surface area contributed by atoms with Crippen LogP contribution in [0.1, 0.15) is 5.56 Å². The van der Waals surface area contributed by atoms with Crippen LogP contribution in [0.25, 0.3) is 11.0 Å². The molecule has 1 heterocycles. The number of sulfonamides is 1. The lowest BCUT2D eigenvalue weighted by Crippen LogP contribution is -2.23. The van der Waals surface area contributed by atoms with Gasteiger partial charge in [-0.15, -0.1) is 0 Å². The summed E-state index contributed by atoms with van der Waals surface area (Å²) in [5.41, 5.74) is 0.646. The predicted octanol–water partition coefficient (Wildman–Crippen LogP) is 2.28. The fraction of sp³-hybridized carbons (Fsp3) is 0.118. The lowest BCUT2D eigenvalue weighted by molar-refractivity contribution is 0.414. The van der Waals surface area contributed by atoms with E-state index in [1.165, 1.54) is 30.3 Å². The summed E-state index contributed by atoms with van der Waals surface area (Å²) in [5, 5.41) is 0.541. The van der Waals surface area contributed by atoms with Gasteiger partial charge in [0.25, 0.3) is 0 Å². The Bertz CT molecular complexity index is 1040. The second-order valence-electron chi connectivity index (χ2n) is 5.13. The van der Waals surface area contributed by atoms with Crippen LogP contribution in [0.5, 0.6) is 5.75 Å². The number of nitrogens with one attached hydrogen (secondary N) is 1. The monoisotopic (exact) mass is 345 g/mol. The quantitative estimate of drug-likeness (QED) is 0.717. The first-order valence-electron chi connectivity index (χ1n) is 7.14. The SMILES string of the molecule is COc1cccc(CNS(=O)(=O)c2ccc3oc(=O)ccc3c2)c1. The maximum atomic E-state index is 12.4. The van der Waals surface area contributed by atoms with Crippen LogP contribution in [0.15, 0.2) is 68.7 Å². The second-order valence-corrected chi connectivity index (χ2v) is 6.90. The van der Waals surface area contributed by atoms with Crippen molar-refractivity contribution in [2.75, 3.05) is 7.11 Å². The highest BCUT2D eigenvalue weighted by atomic mass is 32.2. The van der Waals surface area contributed by atoms with Crippen LogP contribution in [0, 0.1) is 0 Å². The van der Waals surface area contributed by atoms with Crippen molar-refractivity contribution in [2.45, 2.75) is 11.4 Å². The van der Waals surface area contributed by atoms with E-state index in [0.29, 0.717) is 16.7 Å². The van der Waals surface area contributed by atoms with Crippen molar-refractivity contribution in [1.82, 2.24) is 4.72 Å². The van der Waals surface area contributed by atoms with E-state index in [0.717, 1.165) is 5.56 Å². The zero-order valence-electron chi connectivity index (χ0n) is 12.9. The normalized spacial score (nSPS) is 11.5. The number of methoxy groups -OCH3 is 1. The highest BCUT2D eigenvalue weighted by Gasteiger charge is 2.15. The molecule has 0 saturated heterocycles. The number of rotatable bonds is 5. The first-order chi connectivity index (χ1) is 11.5. The fourth-order valence-electron chi connectivity index (χ4n) is 2.26. The Hall–Kier alpha value is -2.64. The van der Waals surface area contributed by atoms with Crippen LogP contribution in [-0.4, -0.2) is 15.5 Å². The molecule has 0 aliphatic heterocycles. The molecule has 0 bridgehead atoms. The standard InChI is InChI=1S/C17H15NO5S/c1-22-14-4-2-3-12(9-14)11-18-24(20,21)15-6-7-16-13(10-15)5-8-17(19)23-16/h2-10,18H,11H2,1H3. The first-order valence-corrected chi connectivity index (χ1v) is 8.63. The molecule has 24 heavy (non-hydrogen) atoms. The molecule has 2 aromatic carbocycles. The summed E-state index contributed by atoms with van der Waals surface area (Å²) < 4.78 is 37.5. The number of fused-ring (bicyclic) bond motifs is 1. The van der Waals surface area contributed by atoms with Gasteiger partial charge in [0.1, 0.15) is 11.3 Å². The van der Waals surface area contributed by atoms with Crippen molar-refractivity contribution in [3.63, 3.8) is 0 Å². The van der Waals surface area contributed by atoms with Gasteiger partial charge in [-0.05, 0) is 42.0 Å². The highest BCUT2D eigenvalue weighted by Crippen LogP contribution is 2.18. The van der Waals surface area contributed by atoms with Gasteiger partial charge in [-0.3, -0.25) is 0 Å². The first kappa shape index (κ1) is 16.2. The molecule has 0 fully saturated rings. The highest BCUT2D eigenvalue weighted by molar-refractivity contribution is 7.89. The maximum Gasteiger partial charge on any atom is 0.336 e. The van der Waals surface area contributed by atoms with Gasteiger partial charge >= 0.3 is 5.63 Å². The number of hydrogen-bond acceptors (Lipinski definition) is 5. The van der Waals surface area contributed by atoms with Gasteiger partial charge in [-0.25, -0.2) is 17.9 Å². The predicted molar refractivity (Wildman–Crippen MR) is 89.5 cm³/mol. The molecule has 1 aromatic heterocycles. The molecule has 0 atom stereocenters. The Labute approximate surface area is 138 Å². The molecule has 3 rings (SSSR count). The van der Waals surface area contributed by atoms with Crippen molar-refractivity contribution in [3.05, 3.63) is 70.6 Å². The molecule has 0 saturated carbocycles. The number of hydrogen-bond donors (Lipinski definition) is 1. The molecule has 0 aliphatic rings. The molecule has 0 unspecified atom stereocenters. The lowest BCUT2D eigenvalue weighted by Gasteiger charge is -2.08. The van der Waals surface area contributed by atoms with Crippen molar-refractivity contribution in [2.24, 2.45) is 0 Å². The van der Waals surface area contributed by atoms with Crippen LogP contribution < -0.4 is 15.1 Å². The van der Waals surface area contributed by atoms with Crippen LogP contribution in [0.3, 0.4) is 0 Å². The lowest BCUT2D eigenvalue weighted by atomic mass is 10.2. The van der Waals surface area contributed by atoms with E-state index in [4.69, 9.17) is 9.15 Å². The average molecular weight is 345 g/mol. The van der Waals surface area contributed by atoms with Gasteiger partial charge in [0.05, 0.1) is 12.0 Å². The molecule has 1 N–H and O–H groups in total. The van der Waals surface area contributed by atoms with Crippen LogP contribution >= 0.6 is 0 Å². The summed E-state index contributed by atoms with van der Waals surface area (Å²) in [4.78, 5) is 11.3. The van der Waals surface area contributed by atoms with Crippen LogP contribution in [-0.2, 0) is 16.6 Å². The minimum absolute atomic E-state index is 0.103. The molecule has 124 valence electrons. The Kier molecular flexibility index (Phi) is 4.37. The summed E-state index contributed by atoms with van der Waals surface area (Å²) >= 11 is 0. The van der Waals surface area contributed by atoms with E-state index in [1.807, 2.05) is 0 Å². The van der Waals surface area contributed by atoms with E-state index in [9.17, 15) is 13.2 Å². The zero-order chi connectivity index (χ0) is 17.2. The largest absolute Gasteiger partial charge is 0.497 e. The molecular weight excluding hydrogens is 330 g/mol. The van der Waals surface area contributed by atoms with Crippen molar-refractivity contribution >= 4 is 21.0 Å². The van der Waals surface area contributed by atoms with Gasteiger partial charge in [0, 0.05) is 18.0 Å². The molecule has 0 aliphatic carbocycles. The van der Waals surface area contributed by atoms with Crippen LogP contribution in [0.2, 0.25) is 0 Å². The Morgan fingerprint density at radius 2 is 1.92 bits per heavy atom. The molecular formula is C17H15NO5S. The average Bonchev–Trinajstić information content (AvgIpc) is 2.59. The minimum Gasteiger partial charge on any atom is -0.497 e. The fourth-order valence-corrected chi connectivity index (χ4v) is 3.31. The Morgan fingerprint density at radius 3 is 2.71 bits per heavy atom. The van der Waals surface area contributed by atoms with Gasteiger partial charge in [-0.2, -0.15) is 0 Å². The summed E-state index contributed by atoms with van der Waals surface area (Å²) in [6, 6.07) is 14.3. The van der Waals surface area contributed by atoms with Crippen molar-refractivity contribution in [1.29, 1.82) is 0 Å². The molecule has 0 radical (unpaired) electrons. The third-order valence-electron chi connectivity index (χ3n) is 3.50. The molecule has 0 spiro atoms. The van der Waals surface area contributed by atoms with E-state index in [-0.39, 0.29) is 11.4 Å². The van der Waals surface area contributed by atoms with Crippen LogP contribution in [0.4, 0.5) is 0 Å². The van der Waals surface area contributed by atoms with Gasteiger partial charge < -0.3 is 9.15 Å². The van der Waals surface area contributed by atoms with E-state index >= 15 is 0 Å². The second kappa shape index (κ2) is 6.46. The van der Waals surface area contributed by atoms with Crippen molar-refractivity contribution < 1.29 is 17.6 Å².